The molecule has 0 atom stereocenters. The van der Waals surface area contributed by atoms with E-state index in [0.717, 1.165) is 19.3 Å². The van der Waals surface area contributed by atoms with Crippen LogP contribution < -0.4 is 29.6 Å². The van der Waals surface area contributed by atoms with Crippen molar-refractivity contribution in [3.8, 4) is 0 Å². The van der Waals surface area contributed by atoms with E-state index in [4.69, 9.17) is 11.7 Å². The second kappa shape index (κ2) is 9.21. The van der Waals surface area contributed by atoms with Gasteiger partial charge in [0.25, 0.3) is 0 Å². The number of unbranched alkanes of at least 4 members (excludes halogenated alkanes) is 2. The summed E-state index contributed by atoms with van der Waals surface area (Å²) in [6.45, 7) is 5.07. The average Bonchev–Trinajstić information content (AvgIpc) is 1.80. The van der Waals surface area contributed by atoms with E-state index < -0.39 is 5.97 Å². The fraction of sp³-hybridized carbons (Fsp3) is 0.571. The minimum Gasteiger partial charge on any atom is -0.518 e. The Bertz CT molecular complexity index is 102. The zero-order valence-corrected chi connectivity index (χ0v) is 8.34. The zero-order valence-electron chi connectivity index (χ0n) is 6.34. The van der Waals surface area contributed by atoms with E-state index in [0.29, 0.717) is 0 Å². The van der Waals surface area contributed by atoms with Crippen LogP contribution in [0.15, 0.2) is 6.08 Å². The molecule has 0 aliphatic carbocycles. The van der Waals surface area contributed by atoms with E-state index in [2.05, 4.69) is 0 Å². The van der Waals surface area contributed by atoms with Crippen LogP contribution >= 0.6 is 0 Å². The van der Waals surface area contributed by atoms with Crippen molar-refractivity contribution >= 4 is 5.97 Å². The summed E-state index contributed by atoms with van der Waals surface area (Å²) in [5.41, 5.74) is 0. The molecule has 0 unspecified atom stereocenters. The Labute approximate surface area is 83.6 Å². The summed E-state index contributed by atoms with van der Waals surface area (Å²) in [6.07, 6.45) is 4.23. The van der Waals surface area contributed by atoms with Gasteiger partial charge in [0.05, 0.1) is 0 Å². The number of hydrogen-bond acceptors (Lipinski definition) is 1. The monoisotopic (exact) mass is 150 g/mol. The third-order valence-corrected chi connectivity index (χ3v) is 1.01. The summed E-state index contributed by atoms with van der Waals surface area (Å²) in [5, 5.41) is 8.17. The molecule has 0 aliphatic heterocycles. The smallest absolute Gasteiger partial charge is 0.518 e. The summed E-state index contributed by atoms with van der Waals surface area (Å²) in [7, 11) is 0. The van der Waals surface area contributed by atoms with Gasteiger partial charge < -0.3 is 11.7 Å². The van der Waals surface area contributed by atoms with Gasteiger partial charge in [-0.05, 0) is 6.42 Å². The van der Waals surface area contributed by atoms with Crippen molar-refractivity contribution in [3.63, 3.8) is 0 Å². The largest absolute Gasteiger partial charge is 1.00 e. The summed E-state index contributed by atoms with van der Waals surface area (Å²) >= 11 is 0. The number of hydrogen-bond donors (Lipinski definition) is 1. The second-order valence-electron chi connectivity index (χ2n) is 1.88. The summed E-state index contributed by atoms with van der Waals surface area (Å²) in [4.78, 5) is 9.92. The van der Waals surface area contributed by atoms with Crippen molar-refractivity contribution in [3.05, 3.63) is 12.7 Å². The molecule has 0 saturated heterocycles. The first-order valence-electron chi connectivity index (χ1n) is 3.02. The van der Waals surface area contributed by atoms with E-state index in [-0.39, 0.29) is 36.0 Å². The van der Waals surface area contributed by atoms with Gasteiger partial charge in [0, 0.05) is 6.42 Å². The first kappa shape index (κ1) is 12.8. The van der Waals surface area contributed by atoms with Gasteiger partial charge in [-0.15, -0.1) is 0 Å². The third-order valence-electron chi connectivity index (χ3n) is 1.01. The van der Waals surface area contributed by atoms with Gasteiger partial charge in [0.15, 0.2) is 0 Å². The maximum absolute atomic E-state index is 9.92. The minimum atomic E-state index is -0.730. The van der Waals surface area contributed by atoms with Crippen LogP contribution in [0.2, 0.25) is 0 Å². The molecule has 3 heteroatoms. The number of rotatable bonds is 5. The van der Waals surface area contributed by atoms with Gasteiger partial charge in [-0.2, -0.15) is 0 Å². The summed E-state index contributed by atoms with van der Waals surface area (Å²) in [5.74, 6) is -0.730. The number of carboxylic acid groups (broad SMARTS) is 1. The van der Waals surface area contributed by atoms with Crippen molar-refractivity contribution in [2.45, 2.75) is 25.7 Å². The molecule has 2 nitrogen and oxygen atoms in total. The Morgan fingerprint density at radius 1 is 1.50 bits per heavy atom. The van der Waals surface area contributed by atoms with Crippen molar-refractivity contribution in [2.75, 3.05) is 0 Å². The fourth-order valence-electron chi connectivity index (χ4n) is 0.538. The molecule has 1 N–H and O–H groups in total. The molecule has 0 fully saturated rings. The molecule has 52 valence electrons. The molecule has 0 aromatic rings. The Hall–Kier alpha value is 0.210. The fourth-order valence-corrected chi connectivity index (χ4v) is 0.538. The topological polar surface area (TPSA) is 37.3 Å². The zero-order chi connectivity index (χ0) is 7.11. The number of aliphatic carboxylic acids is 1. The molecule has 0 amide bonds. The predicted octanol–water partition coefficient (Wildman–Crippen LogP) is -1.38. The van der Waals surface area contributed by atoms with Crippen LogP contribution in [0.5, 0.6) is 0 Å². The van der Waals surface area contributed by atoms with Crippen LogP contribution in [-0.4, -0.2) is 11.1 Å². The van der Waals surface area contributed by atoms with Crippen LogP contribution in [0.1, 0.15) is 25.7 Å². The molecule has 0 bridgehead atoms. The quantitative estimate of drug-likeness (QED) is 0.298. The number of allylic oxidation sites excluding steroid dienone is 1. The maximum Gasteiger partial charge on any atom is 1.00 e. The Morgan fingerprint density at radius 2 is 2.10 bits per heavy atom. The molecule has 10 heavy (non-hydrogen) atoms. The van der Waals surface area contributed by atoms with Crippen LogP contribution in [0.4, 0.5) is 0 Å². The van der Waals surface area contributed by atoms with E-state index in [1.165, 1.54) is 0 Å². The summed E-state index contributed by atoms with van der Waals surface area (Å²) < 4.78 is 0. The molecule has 0 heterocycles. The first-order valence-corrected chi connectivity index (χ1v) is 3.02. The molecule has 0 saturated carbocycles. The van der Waals surface area contributed by atoms with Crippen LogP contribution in [-0.2, 0) is 4.79 Å². The van der Waals surface area contributed by atoms with Crippen LogP contribution in [0.3, 0.4) is 0 Å². The normalized spacial score (nSPS) is 8.00. The van der Waals surface area contributed by atoms with Crippen molar-refractivity contribution < 1.29 is 39.5 Å². The molecule has 0 aromatic carbocycles. The maximum atomic E-state index is 9.92. The standard InChI is InChI=1S/C7H11O2.Na/c1-2-3-4-5-6-7(8)9;/h1-2H,3-6H2,(H,8,9);/q-1;+1. The Balaban J connectivity index is 0. The van der Waals surface area contributed by atoms with Gasteiger partial charge in [0.2, 0.25) is 0 Å². The van der Waals surface area contributed by atoms with Gasteiger partial charge in [-0.1, -0.05) is 12.8 Å². The SMILES string of the molecule is [CH-]=CCCCCC(=O)O.[Na+]. The van der Waals surface area contributed by atoms with Crippen molar-refractivity contribution in [2.24, 2.45) is 0 Å². The minimum absolute atomic E-state index is 0. The molecular weight excluding hydrogens is 139 g/mol. The molecule has 0 aliphatic rings. The Morgan fingerprint density at radius 3 is 2.50 bits per heavy atom. The van der Waals surface area contributed by atoms with Gasteiger partial charge in [0.1, 0.15) is 0 Å². The number of carbonyl (C=O) groups is 1. The van der Waals surface area contributed by atoms with E-state index in [1.807, 2.05) is 0 Å². The van der Waals surface area contributed by atoms with Gasteiger partial charge in [-0.3, -0.25) is 10.9 Å². The summed E-state index contributed by atoms with van der Waals surface area (Å²) in [6, 6.07) is 0. The number of carboxylic acids is 1. The van der Waals surface area contributed by atoms with E-state index in [1.54, 1.807) is 6.08 Å². The average molecular weight is 150 g/mol. The van der Waals surface area contributed by atoms with Crippen molar-refractivity contribution in [1.29, 1.82) is 0 Å². The third kappa shape index (κ3) is 11.1. The molecule has 0 radical (unpaired) electrons. The second-order valence-corrected chi connectivity index (χ2v) is 1.88. The van der Waals surface area contributed by atoms with Crippen LogP contribution in [0, 0.1) is 6.58 Å². The predicted molar refractivity (Wildman–Crippen MR) is 35.0 cm³/mol. The van der Waals surface area contributed by atoms with E-state index in [9.17, 15) is 4.79 Å². The van der Waals surface area contributed by atoms with Gasteiger partial charge in [-0.25, -0.2) is 0 Å². The van der Waals surface area contributed by atoms with E-state index >= 15 is 0 Å². The molecule has 0 rings (SSSR count). The Kier molecular flexibility index (Phi) is 11.8. The van der Waals surface area contributed by atoms with Gasteiger partial charge >= 0.3 is 35.5 Å². The van der Waals surface area contributed by atoms with Crippen LogP contribution in [0.25, 0.3) is 0 Å². The van der Waals surface area contributed by atoms with Crippen molar-refractivity contribution in [1.82, 2.24) is 0 Å². The molecule has 0 spiro atoms. The first-order chi connectivity index (χ1) is 4.27. The molecular formula is C7H11NaO2. The molecule has 0 aromatic heterocycles.